The van der Waals surface area contributed by atoms with Crippen molar-refractivity contribution in [1.29, 1.82) is 0 Å². The van der Waals surface area contributed by atoms with Crippen LogP contribution in [0.5, 0.6) is 5.75 Å². The lowest BCUT2D eigenvalue weighted by Crippen LogP contribution is -2.34. The number of carbonyl (C=O) groups is 2. The highest BCUT2D eigenvalue weighted by atomic mass is 19.3. The number of hydrogen-bond acceptors (Lipinski definition) is 6. The van der Waals surface area contributed by atoms with E-state index in [4.69, 9.17) is 9.47 Å². The summed E-state index contributed by atoms with van der Waals surface area (Å²) in [4.78, 5) is 36.8. The fraction of sp³-hybridized carbons (Fsp3) is 0.500. The van der Waals surface area contributed by atoms with Gasteiger partial charge in [0.25, 0.3) is 12.1 Å². The number of hydrogen-bond donors (Lipinski definition) is 0. The average molecular weight is 368 g/mol. The molecule has 3 aliphatic rings. The Hall–Kier alpha value is -2.62. The summed E-state index contributed by atoms with van der Waals surface area (Å²) in [6.45, 7) is -0.953. The zero-order valence-corrected chi connectivity index (χ0v) is 13.3. The number of anilines is 1. The van der Waals surface area contributed by atoms with Crippen molar-refractivity contribution in [2.75, 3.05) is 11.5 Å². The molecule has 0 aliphatic carbocycles. The fourth-order valence-electron chi connectivity index (χ4n) is 4.01. The highest BCUT2D eigenvalue weighted by Gasteiger charge is 2.62. The number of halogens is 2. The molecule has 0 spiro atoms. The van der Waals surface area contributed by atoms with Gasteiger partial charge in [-0.2, -0.15) is 0 Å². The molecule has 0 N–H and O–H groups in total. The van der Waals surface area contributed by atoms with Crippen LogP contribution in [0.3, 0.4) is 0 Å². The van der Waals surface area contributed by atoms with E-state index in [-0.39, 0.29) is 23.6 Å². The van der Waals surface area contributed by atoms with E-state index in [1.54, 1.807) is 0 Å². The van der Waals surface area contributed by atoms with Crippen LogP contribution >= 0.6 is 0 Å². The molecule has 2 bridgehead atoms. The van der Waals surface area contributed by atoms with Crippen molar-refractivity contribution in [2.45, 2.75) is 31.5 Å². The third kappa shape index (κ3) is 2.52. The number of carbonyl (C=O) groups excluding carboxylic acids is 2. The number of fused-ring (bicyclic) bond motifs is 5. The molecule has 0 aromatic heterocycles. The molecule has 2 amide bonds. The number of benzene rings is 1. The number of nitro groups is 1. The molecule has 10 heteroatoms. The number of amides is 2. The monoisotopic (exact) mass is 368 g/mol. The predicted molar refractivity (Wildman–Crippen MR) is 82.0 cm³/mol. The summed E-state index contributed by atoms with van der Waals surface area (Å²) in [7, 11) is 0. The molecule has 3 heterocycles. The SMILES string of the molecule is O=C1[C@@H]2[C@H](C(=O)N1c1cc(OCC(F)F)cc([N+](=O)[O-])c1)[C@H]1CC[C@@H]2O1. The summed E-state index contributed by atoms with van der Waals surface area (Å²) in [6, 6.07) is 3.23. The van der Waals surface area contributed by atoms with Crippen LogP contribution in [0.15, 0.2) is 18.2 Å². The first-order valence-electron chi connectivity index (χ1n) is 8.10. The van der Waals surface area contributed by atoms with Crippen molar-refractivity contribution in [3.8, 4) is 5.75 Å². The van der Waals surface area contributed by atoms with Crippen molar-refractivity contribution in [1.82, 2.24) is 0 Å². The number of nitro benzene ring substituents is 1. The Balaban J connectivity index is 1.69. The molecular weight excluding hydrogens is 354 g/mol. The first-order chi connectivity index (χ1) is 12.4. The van der Waals surface area contributed by atoms with Gasteiger partial charge >= 0.3 is 0 Å². The van der Waals surface area contributed by atoms with Gasteiger partial charge in [-0.3, -0.25) is 19.7 Å². The second kappa shape index (κ2) is 5.97. The highest BCUT2D eigenvalue weighted by molar-refractivity contribution is 6.23. The van der Waals surface area contributed by atoms with E-state index >= 15 is 0 Å². The first-order valence-corrected chi connectivity index (χ1v) is 8.10. The Kier molecular flexibility index (Phi) is 3.87. The van der Waals surface area contributed by atoms with Crippen LogP contribution in [0.1, 0.15) is 12.8 Å². The van der Waals surface area contributed by atoms with Gasteiger partial charge in [-0.15, -0.1) is 0 Å². The first kappa shape index (κ1) is 16.8. The second-order valence-corrected chi connectivity index (χ2v) is 6.50. The maximum Gasteiger partial charge on any atom is 0.275 e. The summed E-state index contributed by atoms with van der Waals surface area (Å²) < 4.78 is 35.2. The highest BCUT2D eigenvalue weighted by Crippen LogP contribution is 2.49. The molecule has 4 atom stereocenters. The molecule has 0 unspecified atom stereocenters. The van der Waals surface area contributed by atoms with Crippen molar-refractivity contribution in [2.24, 2.45) is 11.8 Å². The topological polar surface area (TPSA) is 99.0 Å². The third-order valence-electron chi connectivity index (χ3n) is 5.01. The van der Waals surface area contributed by atoms with E-state index < -0.39 is 47.3 Å². The quantitative estimate of drug-likeness (QED) is 0.447. The van der Waals surface area contributed by atoms with Gasteiger partial charge in [0.05, 0.1) is 40.7 Å². The largest absolute Gasteiger partial charge is 0.487 e. The average Bonchev–Trinajstić information content (AvgIpc) is 3.26. The number of alkyl halides is 2. The van der Waals surface area contributed by atoms with Gasteiger partial charge in [0, 0.05) is 12.1 Å². The van der Waals surface area contributed by atoms with Crippen LogP contribution < -0.4 is 9.64 Å². The van der Waals surface area contributed by atoms with Gasteiger partial charge in [-0.05, 0) is 12.8 Å². The van der Waals surface area contributed by atoms with Crippen LogP contribution in [0.2, 0.25) is 0 Å². The standard InChI is InChI=1S/C16H14F2N2O6/c17-12(18)6-25-9-4-7(3-8(5-9)20(23)24)19-15(21)13-10-1-2-11(26-10)14(13)16(19)22/h3-5,10-14H,1-2,6H2/t10-,11+,13-,14+. The molecule has 4 rings (SSSR count). The summed E-state index contributed by atoms with van der Waals surface area (Å²) in [5.41, 5.74) is -0.504. The molecule has 1 aromatic carbocycles. The summed E-state index contributed by atoms with van der Waals surface area (Å²) in [5.74, 6) is -2.34. The number of rotatable bonds is 5. The van der Waals surface area contributed by atoms with E-state index in [0.717, 1.165) is 17.0 Å². The minimum Gasteiger partial charge on any atom is -0.487 e. The molecule has 0 radical (unpaired) electrons. The molecule has 3 saturated heterocycles. The summed E-state index contributed by atoms with van der Waals surface area (Å²) in [6.07, 6.45) is -2.02. The van der Waals surface area contributed by atoms with E-state index in [1.807, 2.05) is 0 Å². The lowest BCUT2D eigenvalue weighted by Gasteiger charge is -2.18. The van der Waals surface area contributed by atoms with Gasteiger partial charge in [-0.1, -0.05) is 0 Å². The zero-order valence-electron chi connectivity index (χ0n) is 13.3. The lowest BCUT2D eigenvalue weighted by atomic mass is 9.81. The molecule has 3 fully saturated rings. The number of imide groups is 1. The molecule has 138 valence electrons. The van der Waals surface area contributed by atoms with Gasteiger partial charge in [-0.25, -0.2) is 13.7 Å². The number of ether oxygens (including phenoxy) is 2. The van der Waals surface area contributed by atoms with Gasteiger partial charge in [0.2, 0.25) is 11.8 Å². The Morgan fingerprint density at radius 3 is 2.35 bits per heavy atom. The summed E-state index contributed by atoms with van der Waals surface area (Å²) in [5, 5.41) is 11.1. The van der Waals surface area contributed by atoms with Gasteiger partial charge in [0.1, 0.15) is 12.4 Å². The lowest BCUT2D eigenvalue weighted by molar-refractivity contribution is -0.384. The van der Waals surface area contributed by atoms with E-state index in [2.05, 4.69) is 0 Å². The number of non-ortho nitro benzene ring substituents is 1. The van der Waals surface area contributed by atoms with Crippen LogP contribution in [0.4, 0.5) is 20.2 Å². The minimum absolute atomic E-state index is 0.0488. The normalized spacial score (nSPS) is 29.6. The van der Waals surface area contributed by atoms with Crippen LogP contribution in [-0.2, 0) is 14.3 Å². The van der Waals surface area contributed by atoms with Gasteiger partial charge in [0.15, 0.2) is 0 Å². The predicted octanol–water partition coefficient (Wildman–Crippen LogP) is 1.91. The molecule has 3 aliphatic heterocycles. The smallest absolute Gasteiger partial charge is 0.275 e. The fourth-order valence-corrected chi connectivity index (χ4v) is 4.01. The Labute approximate surface area is 145 Å². The Morgan fingerprint density at radius 1 is 1.19 bits per heavy atom. The van der Waals surface area contributed by atoms with E-state index in [1.165, 1.54) is 6.07 Å². The van der Waals surface area contributed by atoms with Crippen LogP contribution in [0, 0.1) is 22.0 Å². The van der Waals surface area contributed by atoms with E-state index in [9.17, 15) is 28.5 Å². The molecule has 8 nitrogen and oxygen atoms in total. The molecule has 1 aromatic rings. The Bertz CT molecular complexity index is 773. The molecule has 0 saturated carbocycles. The molecule has 26 heavy (non-hydrogen) atoms. The van der Waals surface area contributed by atoms with Crippen LogP contribution in [-0.4, -0.2) is 42.0 Å². The minimum atomic E-state index is -2.76. The van der Waals surface area contributed by atoms with E-state index in [0.29, 0.717) is 12.8 Å². The van der Waals surface area contributed by atoms with Crippen molar-refractivity contribution in [3.63, 3.8) is 0 Å². The summed E-state index contributed by atoms with van der Waals surface area (Å²) >= 11 is 0. The van der Waals surface area contributed by atoms with Crippen molar-refractivity contribution >= 4 is 23.2 Å². The van der Waals surface area contributed by atoms with Crippen molar-refractivity contribution < 1.29 is 32.8 Å². The molecular formula is C16H14F2N2O6. The second-order valence-electron chi connectivity index (χ2n) is 6.50. The van der Waals surface area contributed by atoms with Gasteiger partial charge < -0.3 is 9.47 Å². The van der Waals surface area contributed by atoms with Crippen molar-refractivity contribution in [3.05, 3.63) is 28.3 Å². The Morgan fingerprint density at radius 2 is 1.81 bits per heavy atom. The third-order valence-corrected chi connectivity index (χ3v) is 5.01. The zero-order chi connectivity index (χ0) is 18.6. The maximum atomic E-state index is 12.7. The maximum absolute atomic E-state index is 12.7. The van der Waals surface area contributed by atoms with Crippen LogP contribution in [0.25, 0.3) is 0 Å². The number of nitrogens with zero attached hydrogens (tertiary/aromatic N) is 2.